The molecule has 19 heavy (non-hydrogen) atoms. The Morgan fingerprint density at radius 1 is 1.42 bits per heavy atom. The van der Waals surface area contributed by atoms with Crippen LogP contribution >= 0.6 is 0 Å². The maximum atomic E-state index is 13.7. The van der Waals surface area contributed by atoms with Gasteiger partial charge in [0.25, 0.3) is 0 Å². The molecule has 3 rings (SSSR count). The third kappa shape index (κ3) is 2.50. The second-order valence-electron chi connectivity index (χ2n) is 4.70. The van der Waals surface area contributed by atoms with Crippen LogP contribution in [0.3, 0.4) is 0 Å². The van der Waals surface area contributed by atoms with Crippen molar-refractivity contribution < 1.29 is 9.18 Å². The Kier molecular flexibility index (Phi) is 3.03. The molecule has 1 aromatic heterocycles. The Labute approximate surface area is 110 Å². The van der Waals surface area contributed by atoms with Gasteiger partial charge in [-0.3, -0.25) is 4.57 Å². The monoisotopic (exact) mass is 259 g/mol. The van der Waals surface area contributed by atoms with Crippen molar-refractivity contribution in [3.05, 3.63) is 54.4 Å². The van der Waals surface area contributed by atoms with E-state index in [2.05, 4.69) is 4.98 Å². The lowest BCUT2D eigenvalue weighted by atomic mass is 10.2. The number of imidazole rings is 1. The van der Waals surface area contributed by atoms with Gasteiger partial charge in [-0.2, -0.15) is 0 Å². The molecular formula is C14H14FN3O. The van der Waals surface area contributed by atoms with E-state index < -0.39 is 0 Å². The van der Waals surface area contributed by atoms with Gasteiger partial charge in [0.1, 0.15) is 12.1 Å². The fourth-order valence-electron chi connectivity index (χ4n) is 2.07. The van der Waals surface area contributed by atoms with Crippen LogP contribution in [-0.2, 0) is 6.54 Å². The highest BCUT2D eigenvalue weighted by Crippen LogP contribution is 2.29. The number of halogens is 1. The number of aromatic nitrogens is 2. The molecule has 1 aromatic carbocycles. The Morgan fingerprint density at radius 2 is 2.21 bits per heavy atom. The second-order valence-corrected chi connectivity index (χ2v) is 4.70. The zero-order valence-electron chi connectivity index (χ0n) is 10.4. The molecule has 0 atom stereocenters. The van der Waals surface area contributed by atoms with E-state index in [1.165, 1.54) is 17.0 Å². The van der Waals surface area contributed by atoms with Crippen molar-refractivity contribution >= 4 is 6.03 Å². The lowest BCUT2D eigenvalue weighted by Crippen LogP contribution is -2.35. The summed E-state index contributed by atoms with van der Waals surface area (Å²) in [6.07, 6.45) is 6.61. The first-order valence-electron chi connectivity index (χ1n) is 6.28. The van der Waals surface area contributed by atoms with Gasteiger partial charge < -0.3 is 4.90 Å². The van der Waals surface area contributed by atoms with E-state index in [1.807, 2.05) is 0 Å². The topological polar surface area (TPSA) is 38.1 Å². The third-order valence-corrected chi connectivity index (χ3v) is 3.26. The number of hydrogen-bond donors (Lipinski definition) is 0. The van der Waals surface area contributed by atoms with Crippen LogP contribution in [0.4, 0.5) is 9.18 Å². The summed E-state index contributed by atoms with van der Waals surface area (Å²) in [6, 6.07) is 6.63. The molecule has 1 aliphatic carbocycles. The van der Waals surface area contributed by atoms with Crippen LogP contribution in [0, 0.1) is 5.82 Å². The third-order valence-electron chi connectivity index (χ3n) is 3.26. The van der Waals surface area contributed by atoms with Gasteiger partial charge >= 0.3 is 6.03 Å². The normalized spacial score (nSPS) is 14.4. The molecule has 0 bridgehead atoms. The molecule has 0 N–H and O–H groups in total. The maximum Gasteiger partial charge on any atom is 0.329 e. The molecule has 0 aliphatic heterocycles. The van der Waals surface area contributed by atoms with Crippen LogP contribution in [-0.4, -0.2) is 26.5 Å². The number of amides is 1. The highest BCUT2D eigenvalue weighted by Gasteiger charge is 2.33. The minimum atomic E-state index is -0.272. The molecule has 1 heterocycles. The Bertz CT molecular complexity index is 578. The molecule has 1 fully saturated rings. The van der Waals surface area contributed by atoms with Gasteiger partial charge in [-0.25, -0.2) is 14.2 Å². The summed E-state index contributed by atoms with van der Waals surface area (Å²) in [5, 5.41) is 0. The van der Waals surface area contributed by atoms with Crippen molar-refractivity contribution in [3.8, 4) is 0 Å². The van der Waals surface area contributed by atoms with Crippen molar-refractivity contribution in [1.82, 2.24) is 14.5 Å². The van der Waals surface area contributed by atoms with Crippen molar-refractivity contribution in [1.29, 1.82) is 0 Å². The predicted molar refractivity (Wildman–Crippen MR) is 68.0 cm³/mol. The maximum absolute atomic E-state index is 13.7. The van der Waals surface area contributed by atoms with Gasteiger partial charge in [0.2, 0.25) is 0 Å². The molecule has 0 spiro atoms. The lowest BCUT2D eigenvalue weighted by Gasteiger charge is -2.22. The first-order chi connectivity index (χ1) is 9.25. The summed E-state index contributed by atoms with van der Waals surface area (Å²) >= 11 is 0. The highest BCUT2D eigenvalue weighted by molar-refractivity contribution is 5.77. The van der Waals surface area contributed by atoms with E-state index in [1.54, 1.807) is 35.5 Å². The van der Waals surface area contributed by atoms with Crippen molar-refractivity contribution in [2.24, 2.45) is 0 Å². The minimum absolute atomic E-state index is 0.150. The van der Waals surface area contributed by atoms with Gasteiger partial charge in [0, 0.05) is 24.0 Å². The second kappa shape index (κ2) is 4.84. The quantitative estimate of drug-likeness (QED) is 0.850. The molecule has 1 amide bonds. The van der Waals surface area contributed by atoms with E-state index in [4.69, 9.17) is 0 Å². The number of benzene rings is 1. The standard InChI is InChI=1S/C14H14FN3O/c15-13-4-2-1-3-11(13)9-18(12-5-6-12)14(19)17-8-7-16-10-17/h1-4,7-8,10,12H,5-6,9H2. The summed E-state index contributed by atoms with van der Waals surface area (Å²) < 4.78 is 15.1. The highest BCUT2D eigenvalue weighted by atomic mass is 19.1. The molecular weight excluding hydrogens is 245 g/mol. The zero-order chi connectivity index (χ0) is 13.2. The van der Waals surface area contributed by atoms with Gasteiger partial charge in [-0.1, -0.05) is 18.2 Å². The average molecular weight is 259 g/mol. The van der Waals surface area contributed by atoms with Crippen LogP contribution in [0.15, 0.2) is 43.0 Å². The summed E-state index contributed by atoms with van der Waals surface area (Å²) in [4.78, 5) is 17.9. The summed E-state index contributed by atoms with van der Waals surface area (Å²) in [6.45, 7) is 0.300. The van der Waals surface area contributed by atoms with E-state index in [9.17, 15) is 9.18 Å². The summed E-state index contributed by atoms with van der Waals surface area (Å²) in [5.74, 6) is -0.272. The Balaban J connectivity index is 1.82. The largest absolute Gasteiger partial charge is 0.329 e. The molecule has 5 heteroatoms. The van der Waals surface area contributed by atoms with Crippen LogP contribution in [0.2, 0.25) is 0 Å². The fourth-order valence-corrected chi connectivity index (χ4v) is 2.07. The number of carbonyl (C=O) groups excluding carboxylic acids is 1. The molecule has 98 valence electrons. The van der Waals surface area contributed by atoms with E-state index in [0.29, 0.717) is 12.1 Å². The average Bonchev–Trinajstić information content (AvgIpc) is 3.11. The summed E-state index contributed by atoms with van der Waals surface area (Å²) in [7, 11) is 0. The molecule has 0 unspecified atom stereocenters. The van der Waals surface area contributed by atoms with Gasteiger partial charge in [0.15, 0.2) is 0 Å². The van der Waals surface area contributed by atoms with Crippen LogP contribution in [0.5, 0.6) is 0 Å². The fraction of sp³-hybridized carbons (Fsp3) is 0.286. The Morgan fingerprint density at radius 3 is 2.84 bits per heavy atom. The first kappa shape index (κ1) is 11.9. The lowest BCUT2D eigenvalue weighted by molar-refractivity contribution is 0.193. The molecule has 0 saturated heterocycles. The SMILES string of the molecule is O=C(N(Cc1ccccc1F)C1CC1)n1ccnc1. The number of carbonyl (C=O) groups is 1. The number of nitrogens with zero attached hydrogens (tertiary/aromatic N) is 3. The predicted octanol–water partition coefficient (Wildman–Crippen LogP) is 2.65. The van der Waals surface area contributed by atoms with Crippen LogP contribution < -0.4 is 0 Å². The van der Waals surface area contributed by atoms with E-state index in [-0.39, 0.29) is 17.9 Å². The van der Waals surface area contributed by atoms with Crippen LogP contribution in [0.25, 0.3) is 0 Å². The minimum Gasteiger partial charge on any atom is -0.317 e. The van der Waals surface area contributed by atoms with Gasteiger partial charge in [0.05, 0.1) is 6.54 Å². The van der Waals surface area contributed by atoms with Crippen LogP contribution in [0.1, 0.15) is 18.4 Å². The van der Waals surface area contributed by atoms with Crippen molar-refractivity contribution in [2.75, 3.05) is 0 Å². The number of hydrogen-bond acceptors (Lipinski definition) is 2. The molecule has 0 radical (unpaired) electrons. The zero-order valence-corrected chi connectivity index (χ0v) is 10.4. The Hall–Kier alpha value is -2.17. The number of rotatable bonds is 3. The molecule has 1 aliphatic rings. The van der Waals surface area contributed by atoms with Gasteiger partial charge in [-0.15, -0.1) is 0 Å². The van der Waals surface area contributed by atoms with Gasteiger partial charge in [-0.05, 0) is 18.9 Å². The smallest absolute Gasteiger partial charge is 0.317 e. The van der Waals surface area contributed by atoms with E-state index in [0.717, 1.165) is 12.8 Å². The molecule has 2 aromatic rings. The van der Waals surface area contributed by atoms with Crippen molar-refractivity contribution in [3.63, 3.8) is 0 Å². The first-order valence-corrected chi connectivity index (χ1v) is 6.28. The molecule has 4 nitrogen and oxygen atoms in total. The van der Waals surface area contributed by atoms with Crippen molar-refractivity contribution in [2.45, 2.75) is 25.4 Å². The molecule has 1 saturated carbocycles. The summed E-state index contributed by atoms with van der Waals surface area (Å²) in [5.41, 5.74) is 0.544. The van der Waals surface area contributed by atoms with E-state index >= 15 is 0 Å².